The first-order chi connectivity index (χ1) is 9.58. The molecule has 1 heterocycles. The number of fused-ring (bicyclic) bond motifs is 1. The van der Waals surface area contributed by atoms with E-state index < -0.39 is 0 Å². The third-order valence-corrected chi connectivity index (χ3v) is 3.96. The molecule has 0 aliphatic carbocycles. The summed E-state index contributed by atoms with van der Waals surface area (Å²) in [6.07, 6.45) is 0. The molecule has 0 saturated heterocycles. The van der Waals surface area contributed by atoms with Gasteiger partial charge in [-0.15, -0.1) is 12.6 Å². The molecule has 3 rings (SSSR count). The van der Waals surface area contributed by atoms with Crippen LogP contribution in [0.15, 0.2) is 52.4 Å². The number of hydrogen-bond donors (Lipinski definition) is 1. The van der Waals surface area contributed by atoms with Gasteiger partial charge in [-0.05, 0) is 30.3 Å². The minimum Gasteiger partial charge on any atom is -0.268 e. The maximum absolute atomic E-state index is 12.5. The normalized spacial score (nSPS) is 10.9. The number of nitrogens with zero attached hydrogens (tertiary/aromatic N) is 2. The summed E-state index contributed by atoms with van der Waals surface area (Å²) in [5, 5.41) is 1.62. The number of halogens is 2. The van der Waals surface area contributed by atoms with Crippen LogP contribution in [0.4, 0.5) is 0 Å². The molecular formula is C14H8Cl2N2OS. The van der Waals surface area contributed by atoms with E-state index in [0.717, 1.165) is 0 Å². The number of rotatable bonds is 1. The van der Waals surface area contributed by atoms with Gasteiger partial charge in [0, 0.05) is 0 Å². The molecule has 0 atom stereocenters. The highest BCUT2D eigenvalue weighted by molar-refractivity contribution is 7.80. The van der Waals surface area contributed by atoms with Gasteiger partial charge in [-0.25, -0.2) is 4.98 Å². The maximum Gasteiger partial charge on any atom is 0.266 e. The van der Waals surface area contributed by atoms with E-state index in [2.05, 4.69) is 17.6 Å². The summed E-state index contributed by atoms with van der Waals surface area (Å²) < 4.78 is 1.40. The average molecular weight is 323 g/mol. The van der Waals surface area contributed by atoms with Crippen LogP contribution in [0.1, 0.15) is 0 Å². The fourth-order valence-electron chi connectivity index (χ4n) is 1.98. The zero-order valence-electron chi connectivity index (χ0n) is 10.0. The molecule has 6 heteroatoms. The predicted molar refractivity (Wildman–Crippen MR) is 84.6 cm³/mol. The minimum absolute atomic E-state index is 0.195. The first kappa shape index (κ1) is 13.5. The van der Waals surface area contributed by atoms with E-state index in [9.17, 15) is 4.79 Å². The second-order valence-electron chi connectivity index (χ2n) is 4.17. The number of thiol groups is 1. The van der Waals surface area contributed by atoms with Crippen LogP contribution in [0.3, 0.4) is 0 Å². The van der Waals surface area contributed by atoms with Crippen LogP contribution in [0.25, 0.3) is 16.6 Å². The minimum atomic E-state index is -0.195. The fourth-order valence-corrected chi connectivity index (χ4v) is 2.58. The van der Waals surface area contributed by atoms with E-state index in [1.165, 1.54) is 4.57 Å². The molecule has 0 fully saturated rings. The number of aromatic nitrogens is 2. The molecule has 0 N–H and O–H groups in total. The first-order valence-corrected chi connectivity index (χ1v) is 6.94. The van der Waals surface area contributed by atoms with Crippen LogP contribution in [-0.2, 0) is 0 Å². The van der Waals surface area contributed by atoms with Gasteiger partial charge in [0.2, 0.25) is 0 Å². The summed E-state index contributed by atoms with van der Waals surface area (Å²) in [5.41, 5.74) is 0.991. The van der Waals surface area contributed by atoms with Gasteiger partial charge in [0.15, 0.2) is 5.16 Å². The molecular weight excluding hydrogens is 315 g/mol. The summed E-state index contributed by atoms with van der Waals surface area (Å²) >= 11 is 16.2. The molecule has 0 radical (unpaired) electrons. The first-order valence-electron chi connectivity index (χ1n) is 5.74. The van der Waals surface area contributed by atoms with Crippen LogP contribution in [0, 0.1) is 0 Å². The van der Waals surface area contributed by atoms with E-state index in [-0.39, 0.29) is 5.56 Å². The Morgan fingerprint density at radius 2 is 1.80 bits per heavy atom. The van der Waals surface area contributed by atoms with Gasteiger partial charge in [-0.2, -0.15) is 0 Å². The third kappa shape index (κ3) is 2.20. The SMILES string of the molecule is O=c1c2ccccc2nc(S)n1-c1ccc(Cl)c(Cl)c1. The zero-order valence-corrected chi connectivity index (χ0v) is 12.5. The Kier molecular flexibility index (Phi) is 3.46. The van der Waals surface area contributed by atoms with Crippen molar-refractivity contribution < 1.29 is 0 Å². The van der Waals surface area contributed by atoms with Crippen molar-refractivity contribution in [3.63, 3.8) is 0 Å². The summed E-state index contributed by atoms with van der Waals surface area (Å²) in [5.74, 6) is 0. The highest BCUT2D eigenvalue weighted by atomic mass is 35.5. The van der Waals surface area contributed by atoms with Crippen molar-refractivity contribution in [3.8, 4) is 5.69 Å². The molecule has 3 aromatic rings. The van der Waals surface area contributed by atoms with Crippen LogP contribution < -0.4 is 5.56 Å². The van der Waals surface area contributed by atoms with Crippen molar-refractivity contribution in [3.05, 3.63) is 62.9 Å². The second kappa shape index (κ2) is 5.13. The van der Waals surface area contributed by atoms with Crippen molar-refractivity contribution in [1.82, 2.24) is 9.55 Å². The van der Waals surface area contributed by atoms with Gasteiger partial charge in [-0.1, -0.05) is 35.3 Å². The van der Waals surface area contributed by atoms with E-state index in [4.69, 9.17) is 23.2 Å². The molecule has 0 spiro atoms. The quantitative estimate of drug-likeness (QED) is 0.543. The van der Waals surface area contributed by atoms with Gasteiger partial charge >= 0.3 is 0 Å². The molecule has 100 valence electrons. The van der Waals surface area contributed by atoms with Crippen molar-refractivity contribution in [2.24, 2.45) is 0 Å². The lowest BCUT2D eigenvalue weighted by Gasteiger charge is -2.10. The van der Waals surface area contributed by atoms with Gasteiger partial charge in [0.05, 0.1) is 26.6 Å². The number of para-hydroxylation sites is 1. The Bertz CT molecular complexity index is 877. The van der Waals surface area contributed by atoms with Crippen molar-refractivity contribution in [1.29, 1.82) is 0 Å². The van der Waals surface area contributed by atoms with Crippen LogP contribution in [-0.4, -0.2) is 9.55 Å². The predicted octanol–water partition coefficient (Wildman–Crippen LogP) is 3.98. The largest absolute Gasteiger partial charge is 0.268 e. The topological polar surface area (TPSA) is 34.9 Å². The Morgan fingerprint density at radius 3 is 2.55 bits per heavy atom. The van der Waals surface area contributed by atoms with Gasteiger partial charge in [-0.3, -0.25) is 9.36 Å². The molecule has 0 amide bonds. The molecule has 0 bridgehead atoms. The summed E-state index contributed by atoms with van der Waals surface area (Å²) in [6.45, 7) is 0. The Labute approximate surface area is 130 Å². The van der Waals surface area contributed by atoms with E-state index in [1.54, 1.807) is 36.4 Å². The average Bonchev–Trinajstić information content (AvgIpc) is 2.43. The van der Waals surface area contributed by atoms with E-state index in [1.807, 2.05) is 6.07 Å². The Balaban J connectivity index is 2.36. The summed E-state index contributed by atoms with van der Waals surface area (Å²) in [6, 6.07) is 12.1. The Morgan fingerprint density at radius 1 is 1.05 bits per heavy atom. The smallest absolute Gasteiger partial charge is 0.266 e. The van der Waals surface area contributed by atoms with Crippen LogP contribution >= 0.6 is 35.8 Å². The molecule has 0 unspecified atom stereocenters. The van der Waals surface area contributed by atoms with Crippen molar-refractivity contribution in [2.45, 2.75) is 5.16 Å². The maximum atomic E-state index is 12.5. The van der Waals surface area contributed by atoms with Gasteiger partial charge < -0.3 is 0 Å². The molecule has 2 aromatic carbocycles. The molecule has 3 nitrogen and oxygen atoms in total. The molecule has 0 saturated carbocycles. The molecule has 1 aromatic heterocycles. The van der Waals surface area contributed by atoms with E-state index >= 15 is 0 Å². The Hall–Kier alpha value is -1.49. The number of benzene rings is 2. The highest BCUT2D eigenvalue weighted by Gasteiger charge is 2.11. The van der Waals surface area contributed by atoms with Crippen molar-refractivity contribution >= 4 is 46.7 Å². The zero-order chi connectivity index (χ0) is 14.3. The number of hydrogen-bond acceptors (Lipinski definition) is 3. The van der Waals surface area contributed by atoms with Gasteiger partial charge in [0.25, 0.3) is 5.56 Å². The molecule has 0 aliphatic heterocycles. The lowest BCUT2D eigenvalue weighted by Crippen LogP contribution is -2.20. The molecule has 20 heavy (non-hydrogen) atoms. The van der Waals surface area contributed by atoms with Crippen LogP contribution in [0.5, 0.6) is 0 Å². The molecule has 0 aliphatic rings. The fraction of sp³-hybridized carbons (Fsp3) is 0. The monoisotopic (exact) mass is 322 g/mol. The summed E-state index contributed by atoms with van der Waals surface area (Å²) in [4.78, 5) is 16.9. The summed E-state index contributed by atoms with van der Waals surface area (Å²) in [7, 11) is 0. The van der Waals surface area contributed by atoms with Crippen LogP contribution in [0.2, 0.25) is 10.0 Å². The van der Waals surface area contributed by atoms with Gasteiger partial charge in [0.1, 0.15) is 0 Å². The lowest BCUT2D eigenvalue weighted by atomic mass is 10.2. The lowest BCUT2D eigenvalue weighted by molar-refractivity contribution is 0.824. The third-order valence-electron chi connectivity index (χ3n) is 2.92. The second-order valence-corrected chi connectivity index (χ2v) is 5.38. The standard InChI is InChI=1S/C14H8Cl2N2OS/c15-10-6-5-8(7-11(10)16)18-13(19)9-3-1-2-4-12(9)17-14(18)20/h1-7H,(H,17,20). The highest BCUT2D eigenvalue weighted by Crippen LogP contribution is 2.25. The van der Waals surface area contributed by atoms with E-state index in [0.29, 0.717) is 31.8 Å². The van der Waals surface area contributed by atoms with Crippen molar-refractivity contribution in [2.75, 3.05) is 0 Å².